The molecule has 2 aromatic rings. The van der Waals surface area contributed by atoms with Gasteiger partial charge in [-0.3, -0.25) is 0 Å². The van der Waals surface area contributed by atoms with E-state index in [9.17, 15) is 0 Å². The molecule has 29 heavy (non-hydrogen) atoms. The third-order valence-electron chi connectivity index (χ3n) is 5.24. The predicted octanol–water partition coefficient (Wildman–Crippen LogP) is 0.734. The van der Waals surface area contributed by atoms with Gasteiger partial charge in [0.1, 0.15) is 5.82 Å². The highest BCUT2D eigenvalue weighted by Crippen LogP contribution is 2.16. The molecule has 2 aromatic heterocycles. The number of pyridine rings is 1. The lowest BCUT2D eigenvalue weighted by atomic mass is 10.2. The van der Waals surface area contributed by atoms with E-state index in [0.717, 1.165) is 63.2 Å². The van der Waals surface area contributed by atoms with Crippen LogP contribution in [0.5, 0.6) is 0 Å². The molecule has 2 N–H and O–H groups in total. The van der Waals surface area contributed by atoms with Crippen LogP contribution in [0.4, 0.5) is 11.8 Å². The molecule has 4 heterocycles. The van der Waals surface area contributed by atoms with E-state index >= 15 is 0 Å². The van der Waals surface area contributed by atoms with Crippen molar-refractivity contribution in [1.29, 1.82) is 0 Å². The van der Waals surface area contributed by atoms with Crippen LogP contribution >= 0.6 is 0 Å². The normalized spacial score (nSPS) is 20.8. The number of rotatable bonds is 4. The van der Waals surface area contributed by atoms with Gasteiger partial charge in [-0.2, -0.15) is 0 Å². The first-order chi connectivity index (χ1) is 14.2. The molecule has 0 amide bonds. The second kappa shape index (κ2) is 9.04. The average Bonchev–Trinajstić information content (AvgIpc) is 2.78. The standard InChI is InChI=1S/C20H28N8O/c1-16-15-28(11-12-29-16)18-4-3-17(13-24-18)14-25-19(21)26-7-9-27(10-8-26)20-22-5-2-6-23-20/h2-6,13,16H,7-12,14-15H2,1H3,(H2,21,25). The molecule has 0 bridgehead atoms. The number of hydrogen-bond donors (Lipinski definition) is 1. The van der Waals surface area contributed by atoms with E-state index in [4.69, 9.17) is 10.5 Å². The number of aliphatic imine (C=N–C) groups is 1. The maximum Gasteiger partial charge on any atom is 0.225 e. The number of morpholine rings is 1. The van der Waals surface area contributed by atoms with Crippen molar-refractivity contribution in [2.24, 2.45) is 10.7 Å². The number of nitrogens with zero attached hydrogens (tertiary/aromatic N) is 7. The molecule has 2 aliphatic rings. The lowest BCUT2D eigenvalue weighted by Gasteiger charge is -2.35. The van der Waals surface area contributed by atoms with E-state index in [2.05, 4.69) is 53.7 Å². The molecule has 0 saturated carbocycles. The molecule has 1 atom stereocenters. The number of ether oxygens (including phenoxy) is 1. The summed E-state index contributed by atoms with van der Waals surface area (Å²) < 4.78 is 5.59. The Morgan fingerprint density at radius 2 is 1.90 bits per heavy atom. The summed E-state index contributed by atoms with van der Waals surface area (Å²) in [5.74, 6) is 2.33. The van der Waals surface area contributed by atoms with Gasteiger partial charge < -0.3 is 25.2 Å². The highest BCUT2D eigenvalue weighted by Gasteiger charge is 2.20. The number of aromatic nitrogens is 3. The van der Waals surface area contributed by atoms with Crippen LogP contribution < -0.4 is 15.5 Å². The zero-order chi connectivity index (χ0) is 20.1. The molecule has 2 aliphatic heterocycles. The van der Waals surface area contributed by atoms with E-state index in [1.165, 1.54) is 0 Å². The van der Waals surface area contributed by atoms with E-state index in [0.29, 0.717) is 12.5 Å². The summed E-state index contributed by atoms with van der Waals surface area (Å²) in [6, 6.07) is 5.95. The van der Waals surface area contributed by atoms with Gasteiger partial charge in [0.25, 0.3) is 0 Å². The van der Waals surface area contributed by atoms with Gasteiger partial charge in [0.2, 0.25) is 5.95 Å². The first-order valence-corrected chi connectivity index (χ1v) is 10.1. The summed E-state index contributed by atoms with van der Waals surface area (Å²) in [5.41, 5.74) is 7.28. The van der Waals surface area contributed by atoms with Crippen LogP contribution in [-0.4, -0.2) is 77.8 Å². The van der Waals surface area contributed by atoms with Gasteiger partial charge in [-0.05, 0) is 24.6 Å². The third-order valence-corrected chi connectivity index (χ3v) is 5.24. The van der Waals surface area contributed by atoms with Crippen molar-refractivity contribution in [2.75, 3.05) is 55.7 Å². The Morgan fingerprint density at radius 3 is 2.59 bits per heavy atom. The number of nitrogens with two attached hydrogens (primary N) is 1. The molecule has 154 valence electrons. The molecule has 0 aromatic carbocycles. The van der Waals surface area contributed by atoms with Crippen molar-refractivity contribution < 1.29 is 4.74 Å². The second-order valence-corrected chi connectivity index (χ2v) is 7.35. The fourth-order valence-electron chi connectivity index (χ4n) is 3.59. The minimum Gasteiger partial charge on any atom is -0.375 e. The van der Waals surface area contributed by atoms with Crippen LogP contribution in [0.15, 0.2) is 41.8 Å². The molecule has 0 radical (unpaired) electrons. The maximum absolute atomic E-state index is 6.23. The molecule has 2 saturated heterocycles. The van der Waals surface area contributed by atoms with Gasteiger partial charge in [0, 0.05) is 57.9 Å². The number of anilines is 2. The first kappa shape index (κ1) is 19.4. The van der Waals surface area contributed by atoms with Crippen molar-refractivity contribution in [2.45, 2.75) is 19.6 Å². The van der Waals surface area contributed by atoms with Crippen molar-refractivity contribution in [3.8, 4) is 0 Å². The smallest absolute Gasteiger partial charge is 0.225 e. The Morgan fingerprint density at radius 1 is 1.10 bits per heavy atom. The highest BCUT2D eigenvalue weighted by atomic mass is 16.5. The summed E-state index contributed by atoms with van der Waals surface area (Å²) in [6.45, 7) is 8.38. The van der Waals surface area contributed by atoms with E-state index in [1.807, 2.05) is 12.3 Å². The topological polar surface area (TPSA) is 96.0 Å². The Balaban J connectivity index is 1.29. The van der Waals surface area contributed by atoms with Crippen molar-refractivity contribution >= 4 is 17.7 Å². The van der Waals surface area contributed by atoms with Gasteiger partial charge in [-0.1, -0.05) is 6.07 Å². The molecule has 1 unspecified atom stereocenters. The molecule has 4 rings (SSSR count). The highest BCUT2D eigenvalue weighted by molar-refractivity contribution is 5.78. The summed E-state index contributed by atoms with van der Waals surface area (Å²) in [6.07, 6.45) is 5.66. The second-order valence-electron chi connectivity index (χ2n) is 7.35. The summed E-state index contributed by atoms with van der Waals surface area (Å²) in [4.78, 5) is 24.3. The Kier molecular flexibility index (Phi) is 6.04. The van der Waals surface area contributed by atoms with Gasteiger partial charge >= 0.3 is 0 Å². The van der Waals surface area contributed by atoms with Crippen molar-refractivity contribution in [3.05, 3.63) is 42.4 Å². The summed E-state index contributed by atoms with van der Waals surface area (Å²) in [5, 5.41) is 0. The third kappa shape index (κ3) is 4.92. The Hall–Kier alpha value is -2.94. The quantitative estimate of drug-likeness (QED) is 0.597. The predicted molar refractivity (Wildman–Crippen MR) is 113 cm³/mol. The Labute approximate surface area is 171 Å². The number of piperazine rings is 1. The largest absolute Gasteiger partial charge is 0.375 e. The van der Waals surface area contributed by atoms with Crippen molar-refractivity contribution in [3.63, 3.8) is 0 Å². The number of hydrogen-bond acceptors (Lipinski definition) is 7. The van der Waals surface area contributed by atoms with Gasteiger partial charge in [-0.15, -0.1) is 0 Å². The van der Waals surface area contributed by atoms with Gasteiger partial charge in [0.15, 0.2) is 5.96 Å². The Bertz CT molecular complexity index is 805. The lowest BCUT2D eigenvalue weighted by molar-refractivity contribution is 0.0529. The molecule has 0 aliphatic carbocycles. The molecule has 9 heteroatoms. The molecule has 0 spiro atoms. The van der Waals surface area contributed by atoms with E-state index in [-0.39, 0.29) is 6.10 Å². The van der Waals surface area contributed by atoms with Crippen LogP contribution in [0.2, 0.25) is 0 Å². The SMILES string of the molecule is CC1CN(c2ccc(CN=C(N)N3CCN(c4ncccn4)CC3)cn2)CCO1. The molecule has 2 fully saturated rings. The van der Waals surface area contributed by atoms with Crippen LogP contribution in [0, 0.1) is 0 Å². The van der Waals surface area contributed by atoms with Gasteiger partial charge in [-0.25, -0.2) is 19.9 Å². The number of guanidine groups is 1. The maximum atomic E-state index is 6.23. The van der Waals surface area contributed by atoms with Gasteiger partial charge in [0.05, 0.1) is 19.3 Å². The summed E-state index contributed by atoms with van der Waals surface area (Å²) >= 11 is 0. The lowest BCUT2D eigenvalue weighted by Crippen LogP contribution is -2.51. The van der Waals surface area contributed by atoms with E-state index < -0.39 is 0 Å². The summed E-state index contributed by atoms with van der Waals surface area (Å²) in [7, 11) is 0. The van der Waals surface area contributed by atoms with Crippen LogP contribution in [0.25, 0.3) is 0 Å². The zero-order valence-corrected chi connectivity index (χ0v) is 16.8. The fourth-order valence-corrected chi connectivity index (χ4v) is 3.59. The fraction of sp³-hybridized carbons (Fsp3) is 0.500. The van der Waals surface area contributed by atoms with E-state index in [1.54, 1.807) is 12.4 Å². The monoisotopic (exact) mass is 396 g/mol. The molecular formula is C20H28N8O. The average molecular weight is 396 g/mol. The van der Waals surface area contributed by atoms with Crippen LogP contribution in [-0.2, 0) is 11.3 Å². The first-order valence-electron chi connectivity index (χ1n) is 10.1. The van der Waals surface area contributed by atoms with Crippen LogP contribution in [0.1, 0.15) is 12.5 Å². The molecule has 9 nitrogen and oxygen atoms in total. The minimum absolute atomic E-state index is 0.239. The molecular weight excluding hydrogens is 368 g/mol. The zero-order valence-electron chi connectivity index (χ0n) is 16.8. The van der Waals surface area contributed by atoms with Crippen LogP contribution in [0.3, 0.4) is 0 Å². The minimum atomic E-state index is 0.239. The van der Waals surface area contributed by atoms with Crippen molar-refractivity contribution in [1.82, 2.24) is 19.9 Å².